The van der Waals surface area contributed by atoms with E-state index in [2.05, 4.69) is 16.5 Å². The third kappa shape index (κ3) is 1.34. The highest BCUT2D eigenvalue weighted by Gasteiger charge is 2.41. The Morgan fingerprint density at radius 2 is 2.25 bits per heavy atom. The first-order valence-corrected chi connectivity index (χ1v) is 5.91. The van der Waals surface area contributed by atoms with Gasteiger partial charge in [-0.2, -0.15) is 0 Å². The molecule has 16 heavy (non-hydrogen) atoms. The minimum atomic E-state index is -0.223. The van der Waals surface area contributed by atoms with Crippen molar-refractivity contribution in [3.8, 4) is 0 Å². The molecule has 1 aliphatic carbocycles. The van der Waals surface area contributed by atoms with Crippen molar-refractivity contribution in [3.05, 3.63) is 29.8 Å². The normalized spacial score (nSPS) is 17.9. The maximum atomic E-state index is 13.3. The van der Waals surface area contributed by atoms with Gasteiger partial charge in [0.05, 0.1) is 16.9 Å². The van der Waals surface area contributed by atoms with Crippen molar-refractivity contribution in [1.82, 2.24) is 9.55 Å². The molecule has 0 aliphatic heterocycles. The van der Waals surface area contributed by atoms with Gasteiger partial charge in [0.25, 0.3) is 0 Å². The molecule has 2 nitrogen and oxygen atoms in total. The number of imidazole rings is 1. The molecule has 0 amide bonds. The van der Waals surface area contributed by atoms with Crippen LogP contribution < -0.4 is 0 Å². The summed E-state index contributed by atoms with van der Waals surface area (Å²) in [4.78, 5) is 4.44. The topological polar surface area (TPSA) is 17.8 Å². The number of hydrogen-bond acceptors (Lipinski definition) is 1. The quantitative estimate of drug-likeness (QED) is 0.733. The van der Waals surface area contributed by atoms with Crippen molar-refractivity contribution < 1.29 is 4.39 Å². The fourth-order valence-corrected chi connectivity index (χ4v) is 2.37. The van der Waals surface area contributed by atoms with E-state index in [1.807, 2.05) is 0 Å². The number of alkyl halides is 1. The predicted molar refractivity (Wildman–Crippen MR) is 62.1 cm³/mol. The minimum absolute atomic E-state index is 0.0900. The molecule has 3 rings (SSSR count). The van der Waals surface area contributed by atoms with Crippen LogP contribution in [0.25, 0.3) is 11.0 Å². The van der Waals surface area contributed by atoms with Crippen molar-refractivity contribution in [2.75, 3.05) is 0 Å². The number of aromatic nitrogens is 2. The van der Waals surface area contributed by atoms with E-state index in [1.165, 1.54) is 6.07 Å². The lowest BCUT2D eigenvalue weighted by molar-refractivity contribution is 0.530. The Kier molecular flexibility index (Phi) is 2.02. The van der Waals surface area contributed by atoms with Crippen LogP contribution in [0.4, 0.5) is 4.39 Å². The van der Waals surface area contributed by atoms with E-state index in [4.69, 9.17) is 11.6 Å². The third-order valence-electron chi connectivity index (χ3n) is 3.32. The van der Waals surface area contributed by atoms with Crippen LogP contribution in [0, 0.1) is 5.82 Å². The first-order chi connectivity index (χ1) is 7.64. The molecule has 1 saturated carbocycles. The highest BCUT2D eigenvalue weighted by molar-refractivity contribution is 6.16. The van der Waals surface area contributed by atoms with Gasteiger partial charge in [0.15, 0.2) is 0 Å². The lowest BCUT2D eigenvalue weighted by atomic mass is 10.2. The van der Waals surface area contributed by atoms with Crippen LogP contribution in [0.15, 0.2) is 18.2 Å². The monoisotopic (exact) mass is 238 g/mol. The first-order valence-electron chi connectivity index (χ1n) is 5.37. The Morgan fingerprint density at radius 3 is 2.88 bits per heavy atom. The Labute approximate surface area is 98.0 Å². The van der Waals surface area contributed by atoms with Crippen LogP contribution in [0.1, 0.15) is 25.6 Å². The molecule has 0 spiro atoms. The molecule has 0 N–H and O–H groups in total. The summed E-state index contributed by atoms with van der Waals surface area (Å²) in [6.07, 6.45) is 2.22. The second-order valence-corrected chi connectivity index (χ2v) is 4.89. The SMILES string of the molecule is CC1(n2c(CCl)nc3ccc(F)cc32)CC1. The summed E-state index contributed by atoms with van der Waals surface area (Å²) < 4.78 is 15.4. The molecule has 1 aliphatic rings. The summed E-state index contributed by atoms with van der Waals surface area (Å²) >= 11 is 5.90. The van der Waals surface area contributed by atoms with E-state index in [-0.39, 0.29) is 11.4 Å². The van der Waals surface area contributed by atoms with Gasteiger partial charge in [-0.3, -0.25) is 0 Å². The Hall–Kier alpha value is -1.09. The van der Waals surface area contributed by atoms with Crippen molar-refractivity contribution in [2.45, 2.75) is 31.2 Å². The van der Waals surface area contributed by atoms with Crippen LogP contribution in [-0.2, 0) is 11.4 Å². The van der Waals surface area contributed by atoms with Gasteiger partial charge in [0, 0.05) is 5.54 Å². The van der Waals surface area contributed by atoms with E-state index >= 15 is 0 Å². The van der Waals surface area contributed by atoms with Crippen LogP contribution in [0.3, 0.4) is 0 Å². The highest BCUT2D eigenvalue weighted by atomic mass is 35.5. The van der Waals surface area contributed by atoms with Gasteiger partial charge >= 0.3 is 0 Å². The van der Waals surface area contributed by atoms with Gasteiger partial charge < -0.3 is 4.57 Å². The Balaban J connectivity index is 2.33. The van der Waals surface area contributed by atoms with Gasteiger partial charge in [-0.1, -0.05) is 0 Å². The lowest BCUT2D eigenvalue weighted by Gasteiger charge is -2.14. The Morgan fingerprint density at radius 1 is 1.50 bits per heavy atom. The summed E-state index contributed by atoms with van der Waals surface area (Å²) in [7, 11) is 0. The average molecular weight is 239 g/mol. The van der Waals surface area contributed by atoms with E-state index in [1.54, 1.807) is 12.1 Å². The molecule has 2 aromatic rings. The van der Waals surface area contributed by atoms with Gasteiger partial charge in [-0.05, 0) is 38.0 Å². The molecule has 1 aromatic heterocycles. The molecular weight excluding hydrogens is 227 g/mol. The highest BCUT2D eigenvalue weighted by Crippen LogP contribution is 2.45. The predicted octanol–water partition coefficient (Wildman–Crippen LogP) is 3.42. The van der Waals surface area contributed by atoms with Crippen molar-refractivity contribution in [3.63, 3.8) is 0 Å². The largest absolute Gasteiger partial charge is 0.321 e. The summed E-state index contributed by atoms with van der Waals surface area (Å²) in [6.45, 7) is 2.16. The molecule has 0 saturated heterocycles. The van der Waals surface area contributed by atoms with Crippen LogP contribution in [0.5, 0.6) is 0 Å². The zero-order chi connectivity index (χ0) is 11.3. The van der Waals surface area contributed by atoms with Crippen molar-refractivity contribution >= 4 is 22.6 Å². The second kappa shape index (κ2) is 3.20. The molecule has 1 aromatic carbocycles. The van der Waals surface area contributed by atoms with Gasteiger partial charge in [-0.25, -0.2) is 9.37 Å². The molecule has 0 atom stereocenters. The first kappa shape index (κ1) is 10.1. The molecular formula is C12H12ClFN2. The summed E-state index contributed by atoms with van der Waals surface area (Å²) in [5, 5.41) is 0. The van der Waals surface area contributed by atoms with E-state index in [9.17, 15) is 4.39 Å². The van der Waals surface area contributed by atoms with E-state index in [0.717, 1.165) is 29.7 Å². The van der Waals surface area contributed by atoms with Crippen LogP contribution in [-0.4, -0.2) is 9.55 Å². The fraction of sp³-hybridized carbons (Fsp3) is 0.417. The van der Waals surface area contributed by atoms with Gasteiger partial charge in [0.1, 0.15) is 11.6 Å². The van der Waals surface area contributed by atoms with Crippen molar-refractivity contribution in [2.24, 2.45) is 0 Å². The zero-order valence-electron chi connectivity index (χ0n) is 9.00. The molecule has 84 valence electrons. The Bertz CT molecular complexity index is 557. The number of benzene rings is 1. The molecule has 0 radical (unpaired) electrons. The summed E-state index contributed by atoms with van der Waals surface area (Å²) in [6, 6.07) is 4.69. The van der Waals surface area contributed by atoms with E-state index < -0.39 is 0 Å². The third-order valence-corrected chi connectivity index (χ3v) is 3.56. The molecule has 1 fully saturated rings. The minimum Gasteiger partial charge on any atom is -0.321 e. The zero-order valence-corrected chi connectivity index (χ0v) is 9.76. The second-order valence-electron chi connectivity index (χ2n) is 4.63. The number of halogens is 2. The number of hydrogen-bond donors (Lipinski definition) is 0. The fourth-order valence-electron chi connectivity index (χ4n) is 2.19. The molecule has 0 unspecified atom stereocenters. The summed E-state index contributed by atoms with van der Waals surface area (Å²) in [5.41, 5.74) is 1.77. The van der Waals surface area contributed by atoms with Gasteiger partial charge in [-0.15, -0.1) is 11.6 Å². The number of fused-ring (bicyclic) bond motifs is 1. The maximum Gasteiger partial charge on any atom is 0.125 e. The maximum absolute atomic E-state index is 13.3. The summed E-state index contributed by atoms with van der Waals surface area (Å²) in [5.74, 6) is 0.979. The molecule has 4 heteroatoms. The standard InChI is InChI=1S/C12H12ClFN2/c1-12(4-5-12)16-10-6-8(14)2-3-9(10)15-11(16)7-13/h2-3,6H,4-5,7H2,1H3. The van der Waals surface area contributed by atoms with Crippen LogP contribution in [0.2, 0.25) is 0 Å². The molecule has 1 heterocycles. The lowest BCUT2D eigenvalue weighted by Crippen LogP contribution is -2.14. The van der Waals surface area contributed by atoms with Gasteiger partial charge in [0.2, 0.25) is 0 Å². The van der Waals surface area contributed by atoms with Crippen molar-refractivity contribution in [1.29, 1.82) is 0 Å². The van der Waals surface area contributed by atoms with Crippen LogP contribution >= 0.6 is 11.6 Å². The number of nitrogens with zero attached hydrogens (tertiary/aromatic N) is 2. The van der Waals surface area contributed by atoms with E-state index in [0.29, 0.717) is 5.88 Å². The smallest absolute Gasteiger partial charge is 0.125 e. The number of rotatable bonds is 2. The molecule has 0 bridgehead atoms. The average Bonchev–Trinajstić information content (AvgIpc) is 2.89.